The molecule has 5 rings (SSSR count). The molecule has 4 aromatic carbocycles. The largest absolute Gasteiger partial charge is 0.369 e. The Kier molecular flexibility index (Phi) is 6.10. The Morgan fingerprint density at radius 3 is 2.19 bits per heavy atom. The molecule has 4 aromatic rings. The number of rotatable bonds is 6. The average molecular weight is 426 g/mol. The molecule has 1 fully saturated rings. The molecule has 0 unspecified atom stereocenters. The van der Waals surface area contributed by atoms with Crippen molar-refractivity contribution in [2.75, 3.05) is 35.8 Å². The van der Waals surface area contributed by atoms with Crippen LogP contribution in [0, 0.1) is 0 Å². The molecule has 156 valence electrons. The van der Waals surface area contributed by atoms with Crippen LogP contribution in [0.15, 0.2) is 102 Å². The van der Waals surface area contributed by atoms with E-state index in [-0.39, 0.29) is 0 Å². The molecule has 0 aliphatic carbocycles. The van der Waals surface area contributed by atoms with Crippen LogP contribution in [0.4, 0.5) is 11.4 Å². The van der Waals surface area contributed by atoms with E-state index < -0.39 is 0 Å². The van der Waals surface area contributed by atoms with Crippen LogP contribution in [0.3, 0.4) is 0 Å². The van der Waals surface area contributed by atoms with Crippen molar-refractivity contribution in [1.82, 2.24) is 4.90 Å². The predicted octanol–water partition coefficient (Wildman–Crippen LogP) is 6.28. The van der Waals surface area contributed by atoms with E-state index in [1.165, 1.54) is 26.9 Å². The molecule has 1 N–H and O–H groups in total. The highest BCUT2D eigenvalue weighted by molar-refractivity contribution is 8.00. The Balaban J connectivity index is 1.15. The molecule has 0 atom stereocenters. The second kappa shape index (κ2) is 9.46. The number of benzene rings is 4. The first kappa shape index (κ1) is 20.0. The number of anilines is 2. The summed E-state index contributed by atoms with van der Waals surface area (Å²) in [7, 11) is 0. The first-order valence-electron chi connectivity index (χ1n) is 10.9. The van der Waals surface area contributed by atoms with Crippen LogP contribution >= 0.6 is 11.9 Å². The number of nitrogens with one attached hydrogen (secondary N) is 1. The van der Waals surface area contributed by atoms with E-state index >= 15 is 0 Å². The maximum Gasteiger partial charge on any atom is 0.0443 e. The molecule has 0 radical (unpaired) electrons. The number of fused-ring (bicyclic) bond motifs is 1. The standard InChI is InChI=1S/C27H27N3S/c1-2-9-25(10-3-1)30-19-17-29(18-20-30)21-22-13-15-24(16-14-22)28-31-27-12-6-8-23-7-4-5-11-26(23)27/h1-16,28H,17-21H2. The molecule has 0 bridgehead atoms. The van der Waals surface area contributed by atoms with Gasteiger partial charge in [0.15, 0.2) is 0 Å². The lowest BCUT2D eigenvalue weighted by atomic mass is 10.1. The maximum atomic E-state index is 3.50. The summed E-state index contributed by atoms with van der Waals surface area (Å²) in [5.41, 5.74) is 3.84. The Morgan fingerprint density at radius 1 is 0.677 bits per heavy atom. The quantitative estimate of drug-likeness (QED) is 0.366. The van der Waals surface area contributed by atoms with Crippen molar-refractivity contribution >= 4 is 34.1 Å². The molecule has 3 nitrogen and oxygen atoms in total. The van der Waals surface area contributed by atoms with Crippen LogP contribution in [0.2, 0.25) is 0 Å². The van der Waals surface area contributed by atoms with Crippen LogP contribution in [0.1, 0.15) is 5.56 Å². The zero-order chi connectivity index (χ0) is 20.9. The minimum absolute atomic E-state index is 1.01. The number of nitrogens with zero attached hydrogens (tertiary/aromatic N) is 2. The third kappa shape index (κ3) is 4.87. The van der Waals surface area contributed by atoms with Gasteiger partial charge in [0, 0.05) is 49.0 Å². The van der Waals surface area contributed by atoms with E-state index in [2.05, 4.69) is 112 Å². The second-order valence-electron chi connectivity index (χ2n) is 7.98. The van der Waals surface area contributed by atoms with E-state index in [1.54, 1.807) is 11.9 Å². The Morgan fingerprint density at radius 2 is 1.39 bits per heavy atom. The van der Waals surface area contributed by atoms with Gasteiger partial charge in [-0.3, -0.25) is 4.90 Å². The fourth-order valence-electron chi connectivity index (χ4n) is 4.14. The fourth-order valence-corrected chi connectivity index (χ4v) is 4.94. The van der Waals surface area contributed by atoms with Crippen LogP contribution < -0.4 is 9.62 Å². The van der Waals surface area contributed by atoms with Gasteiger partial charge in [0.25, 0.3) is 0 Å². The van der Waals surface area contributed by atoms with Gasteiger partial charge in [-0.2, -0.15) is 0 Å². The first-order valence-corrected chi connectivity index (χ1v) is 11.7. The number of hydrogen-bond acceptors (Lipinski definition) is 4. The maximum absolute atomic E-state index is 3.50. The van der Waals surface area contributed by atoms with Crippen molar-refractivity contribution in [3.63, 3.8) is 0 Å². The summed E-state index contributed by atoms with van der Waals surface area (Å²) in [6, 6.07) is 34.6. The van der Waals surface area contributed by atoms with Crippen molar-refractivity contribution in [2.24, 2.45) is 0 Å². The molecule has 1 aliphatic heterocycles. The molecule has 0 aromatic heterocycles. The number of hydrogen-bond donors (Lipinski definition) is 1. The monoisotopic (exact) mass is 425 g/mol. The lowest BCUT2D eigenvalue weighted by Crippen LogP contribution is -2.45. The van der Waals surface area contributed by atoms with Gasteiger partial charge in [-0.25, -0.2) is 0 Å². The topological polar surface area (TPSA) is 18.5 Å². The summed E-state index contributed by atoms with van der Waals surface area (Å²) >= 11 is 1.68. The smallest absolute Gasteiger partial charge is 0.0443 e. The van der Waals surface area contributed by atoms with E-state index in [9.17, 15) is 0 Å². The summed E-state index contributed by atoms with van der Waals surface area (Å²) in [6.07, 6.45) is 0. The minimum Gasteiger partial charge on any atom is -0.369 e. The molecular weight excluding hydrogens is 398 g/mol. The van der Waals surface area contributed by atoms with Crippen molar-refractivity contribution in [3.05, 3.63) is 103 Å². The van der Waals surface area contributed by atoms with Crippen molar-refractivity contribution in [1.29, 1.82) is 0 Å². The number of para-hydroxylation sites is 1. The van der Waals surface area contributed by atoms with E-state index in [4.69, 9.17) is 0 Å². The molecule has 1 aliphatic rings. The molecule has 0 amide bonds. The zero-order valence-corrected chi connectivity index (χ0v) is 18.4. The van der Waals surface area contributed by atoms with Crippen molar-refractivity contribution in [2.45, 2.75) is 11.4 Å². The molecule has 0 saturated carbocycles. The summed E-state index contributed by atoms with van der Waals surface area (Å²) in [6.45, 7) is 5.40. The lowest BCUT2D eigenvalue weighted by molar-refractivity contribution is 0.250. The van der Waals surface area contributed by atoms with Gasteiger partial charge in [0.05, 0.1) is 0 Å². The number of piperazine rings is 1. The Bertz CT molecular complexity index is 1110. The van der Waals surface area contributed by atoms with Crippen LogP contribution in [0.25, 0.3) is 10.8 Å². The molecular formula is C27H27N3S. The molecule has 1 saturated heterocycles. The van der Waals surface area contributed by atoms with Gasteiger partial charge in [-0.1, -0.05) is 66.7 Å². The summed E-state index contributed by atoms with van der Waals surface area (Å²) in [4.78, 5) is 6.28. The van der Waals surface area contributed by atoms with Gasteiger partial charge < -0.3 is 9.62 Å². The first-order chi connectivity index (χ1) is 15.3. The summed E-state index contributed by atoms with van der Waals surface area (Å²) < 4.78 is 3.50. The third-order valence-electron chi connectivity index (χ3n) is 5.88. The Labute approximate surface area is 188 Å². The highest BCUT2D eigenvalue weighted by Crippen LogP contribution is 2.29. The predicted molar refractivity (Wildman–Crippen MR) is 134 cm³/mol. The SMILES string of the molecule is c1ccc(N2CCN(Cc3ccc(NSc4cccc5ccccc45)cc3)CC2)cc1. The minimum atomic E-state index is 1.01. The van der Waals surface area contributed by atoms with Gasteiger partial charge in [-0.15, -0.1) is 0 Å². The molecule has 1 heterocycles. The van der Waals surface area contributed by atoms with Crippen molar-refractivity contribution in [3.8, 4) is 0 Å². The Hall–Kier alpha value is -2.95. The average Bonchev–Trinajstić information content (AvgIpc) is 2.85. The summed E-state index contributed by atoms with van der Waals surface area (Å²) in [5.74, 6) is 0. The zero-order valence-electron chi connectivity index (χ0n) is 17.6. The van der Waals surface area contributed by atoms with Gasteiger partial charge in [0.1, 0.15) is 0 Å². The van der Waals surface area contributed by atoms with E-state index in [1.807, 2.05) is 0 Å². The van der Waals surface area contributed by atoms with Crippen molar-refractivity contribution < 1.29 is 0 Å². The molecule has 4 heteroatoms. The van der Waals surface area contributed by atoms with E-state index in [0.29, 0.717) is 0 Å². The van der Waals surface area contributed by atoms with Crippen LogP contribution in [0.5, 0.6) is 0 Å². The third-order valence-corrected chi connectivity index (χ3v) is 6.80. The molecule has 0 spiro atoms. The molecule has 31 heavy (non-hydrogen) atoms. The van der Waals surface area contributed by atoms with Gasteiger partial charge >= 0.3 is 0 Å². The van der Waals surface area contributed by atoms with E-state index in [0.717, 1.165) is 38.4 Å². The lowest BCUT2D eigenvalue weighted by Gasteiger charge is -2.36. The van der Waals surface area contributed by atoms with Crippen LogP contribution in [-0.2, 0) is 6.54 Å². The highest BCUT2D eigenvalue weighted by atomic mass is 32.2. The normalized spacial score (nSPS) is 14.6. The highest BCUT2D eigenvalue weighted by Gasteiger charge is 2.17. The van der Waals surface area contributed by atoms with Crippen LogP contribution in [-0.4, -0.2) is 31.1 Å². The van der Waals surface area contributed by atoms with Gasteiger partial charge in [0.2, 0.25) is 0 Å². The van der Waals surface area contributed by atoms with Gasteiger partial charge in [-0.05, 0) is 58.6 Å². The fraction of sp³-hybridized carbons (Fsp3) is 0.185. The second-order valence-corrected chi connectivity index (χ2v) is 8.83. The summed E-state index contributed by atoms with van der Waals surface area (Å²) in [5, 5.41) is 2.56.